The minimum Gasteiger partial charge on any atom is -0.397 e. The average Bonchev–Trinajstić information content (AvgIpc) is 2.14. The van der Waals surface area contributed by atoms with E-state index in [1.54, 1.807) is 6.20 Å². The molecule has 0 aromatic carbocycles. The van der Waals surface area contributed by atoms with Gasteiger partial charge < -0.3 is 5.73 Å². The van der Waals surface area contributed by atoms with Gasteiger partial charge in [-0.15, -0.1) is 0 Å². The second-order valence-electron chi connectivity index (χ2n) is 1.36. The van der Waals surface area contributed by atoms with Crippen LogP contribution in [0.25, 0.3) is 0 Å². The number of hydrogen-bond donors (Lipinski definition) is 2. The van der Waals surface area contributed by atoms with Crippen LogP contribution >= 0.6 is 24.2 Å². The van der Waals surface area contributed by atoms with E-state index in [-0.39, 0.29) is 0 Å². The fourth-order valence-electron chi connectivity index (χ4n) is 0.392. The lowest BCUT2D eigenvalue weighted by Crippen LogP contribution is -1.83. The Hall–Kier alpha value is -0.220. The minimum atomic E-state index is 0.691. The smallest absolute Gasteiger partial charge is 0.0668 e. The Balaban J connectivity index is 2.92. The molecule has 44 valence electrons. The maximum atomic E-state index is 5.45. The summed E-state index contributed by atoms with van der Waals surface area (Å²) in [6, 6.07) is 0. The summed E-state index contributed by atoms with van der Waals surface area (Å²) in [6.07, 6.45) is 1.65. The second-order valence-corrected chi connectivity index (χ2v) is 2.56. The second kappa shape index (κ2) is 2.37. The van der Waals surface area contributed by atoms with E-state index in [4.69, 9.17) is 5.73 Å². The molecular weight excluding hydrogens is 140 g/mol. The van der Waals surface area contributed by atoms with E-state index < -0.39 is 0 Å². The molecule has 1 aromatic heterocycles. The van der Waals surface area contributed by atoms with Crippen LogP contribution in [0.1, 0.15) is 4.88 Å². The van der Waals surface area contributed by atoms with Crippen LogP contribution < -0.4 is 5.73 Å². The fraction of sp³-hybridized carbons (Fsp3) is 0.250. The van der Waals surface area contributed by atoms with E-state index in [0.717, 1.165) is 10.6 Å². The maximum Gasteiger partial charge on any atom is 0.0668 e. The van der Waals surface area contributed by atoms with Crippen LogP contribution in [0.2, 0.25) is 0 Å². The lowest BCUT2D eigenvalue weighted by atomic mass is 10.5. The normalized spacial score (nSPS) is 9.62. The lowest BCUT2D eigenvalue weighted by Gasteiger charge is -1.85. The van der Waals surface area contributed by atoms with Crippen molar-refractivity contribution >= 4 is 29.8 Å². The first-order chi connectivity index (χ1) is 3.84. The lowest BCUT2D eigenvalue weighted by molar-refractivity contribution is 1.53. The van der Waals surface area contributed by atoms with Gasteiger partial charge in [-0.05, 0) is 11.5 Å². The van der Waals surface area contributed by atoms with Gasteiger partial charge in [-0.2, -0.15) is 17.0 Å². The number of nitrogens with two attached hydrogens (primary N) is 1. The third-order valence-corrected chi connectivity index (χ3v) is 2.16. The van der Waals surface area contributed by atoms with E-state index >= 15 is 0 Å². The van der Waals surface area contributed by atoms with Crippen LogP contribution in [0.3, 0.4) is 0 Å². The Morgan fingerprint density at radius 1 is 1.88 bits per heavy atom. The predicted octanol–water partition coefficient (Wildman–Crippen LogP) is 1.16. The summed E-state index contributed by atoms with van der Waals surface area (Å²) in [4.78, 5) is 1.05. The number of hydrogen-bond acceptors (Lipinski definition) is 4. The monoisotopic (exact) mass is 146 g/mol. The molecule has 0 aliphatic rings. The van der Waals surface area contributed by atoms with Crippen molar-refractivity contribution in [1.29, 1.82) is 0 Å². The van der Waals surface area contributed by atoms with Gasteiger partial charge in [0, 0.05) is 5.75 Å². The Labute approximate surface area is 57.3 Å². The Bertz CT molecular complexity index is 172. The Morgan fingerprint density at radius 3 is 2.88 bits per heavy atom. The molecule has 1 rings (SSSR count). The van der Waals surface area contributed by atoms with Crippen LogP contribution in [0, 0.1) is 0 Å². The van der Waals surface area contributed by atoms with Gasteiger partial charge in [-0.1, -0.05) is 0 Å². The summed E-state index contributed by atoms with van der Waals surface area (Å²) in [5, 5.41) is 0. The van der Waals surface area contributed by atoms with E-state index in [9.17, 15) is 0 Å². The highest BCUT2D eigenvalue weighted by Crippen LogP contribution is 2.16. The molecule has 0 fully saturated rings. The van der Waals surface area contributed by atoms with Crippen molar-refractivity contribution < 1.29 is 0 Å². The summed E-state index contributed by atoms with van der Waals surface area (Å²) in [5.74, 6) is 0.691. The quantitative estimate of drug-likeness (QED) is 0.583. The van der Waals surface area contributed by atoms with Gasteiger partial charge in [0.2, 0.25) is 0 Å². The zero-order valence-corrected chi connectivity index (χ0v) is 5.88. The highest BCUT2D eigenvalue weighted by Gasteiger charge is 1.95. The number of aromatic nitrogens is 1. The Morgan fingerprint density at radius 2 is 2.62 bits per heavy atom. The maximum absolute atomic E-state index is 5.45. The van der Waals surface area contributed by atoms with Crippen molar-refractivity contribution in [2.24, 2.45) is 0 Å². The molecule has 0 bridgehead atoms. The molecule has 0 unspecified atom stereocenters. The SMILES string of the molecule is Nc1cnsc1CS. The molecule has 0 atom stereocenters. The van der Waals surface area contributed by atoms with E-state index in [1.807, 2.05) is 0 Å². The van der Waals surface area contributed by atoms with Gasteiger partial charge in [0.25, 0.3) is 0 Å². The molecule has 0 saturated heterocycles. The third kappa shape index (κ3) is 0.952. The fourth-order valence-corrected chi connectivity index (χ4v) is 1.26. The molecule has 8 heavy (non-hydrogen) atoms. The van der Waals surface area contributed by atoms with Crippen LogP contribution in [-0.2, 0) is 5.75 Å². The highest BCUT2D eigenvalue weighted by atomic mass is 32.1. The molecule has 1 aromatic rings. The topological polar surface area (TPSA) is 38.9 Å². The van der Waals surface area contributed by atoms with E-state index in [2.05, 4.69) is 17.0 Å². The summed E-state index contributed by atoms with van der Waals surface area (Å²) >= 11 is 5.43. The molecule has 0 amide bonds. The van der Waals surface area contributed by atoms with Crippen LogP contribution in [0.15, 0.2) is 6.20 Å². The van der Waals surface area contributed by atoms with Gasteiger partial charge in [-0.3, -0.25) is 0 Å². The third-order valence-electron chi connectivity index (χ3n) is 0.820. The molecular formula is C4H6N2S2. The molecule has 1 heterocycles. The molecule has 0 spiro atoms. The summed E-state index contributed by atoms with van der Waals surface area (Å²) in [7, 11) is 0. The molecule has 0 radical (unpaired) electrons. The van der Waals surface area contributed by atoms with Crippen molar-refractivity contribution in [3.63, 3.8) is 0 Å². The van der Waals surface area contributed by atoms with Gasteiger partial charge in [0.1, 0.15) is 0 Å². The first kappa shape index (κ1) is 5.91. The average molecular weight is 146 g/mol. The number of rotatable bonds is 1. The molecule has 4 heteroatoms. The molecule has 2 nitrogen and oxygen atoms in total. The zero-order chi connectivity index (χ0) is 5.98. The first-order valence-corrected chi connectivity index (χ1v) is 3.55. The van der Waals surface area contributed by atoms with Gasteiger partial charge in [0.05, 0.1) is 16.8 Å². The summed E-state index contributed by atoms with van der Waals surface area (Å²) < 4.78 is 3.86. The largest absolute Gasteiger partial charge is 0.397 e. The molecule has 0 aliphatic carbocycles. The first-order valence-electron chi connectivity index (χ1n) is 2.14. The van der Waals surface area contributed by atoms with Crippen LogP contribution in [-0.4, -0.2) is 4.37 Å². The number of nitrogen functional groups attached to an aromatic ring is 1. The van der Waals surface area contributed by atoms with Gasteiger partial charge >= 0.3 is 0 Å². The molecule has 2 N–H and O–H groups in total. The minimum absolute atomic E-state index is 0.691. The number of thiol groups is 1. The zero-order valence-electron chi connectivity index (χ0n) is 4.16. The van der Waals surface area contributed by atoms with Crippen LogP contribution in [0.5, 0.6) is 0 Å². The van der Waals surface area contributed by atoms with Crippen molar-refractivity contribution in [2.75, 3.05) is 5.73 Å². The van der Waals surface area contributed by atoms with Crippen molar-refractivity contribution in [3.8, 4) is 0 Å². The number of nitrogens with zero attached hydrogens (tertiary/aromatic N) is 1. The predicted molar refractivity (Wildman–Crippen MR) is 39.2 cm³/mol. The molecule has 0 aliphatic heterocycles. The van der Waals surface area contributed by atoms with Crippen LogP contribution in [0.4, 0.5) is 5.69 Å². The van der Waals surface area contributed by atoms with Gasteiger partial charge in [-0.25, -0.2) is 0 Å². The van der Waals surface area contributed by atoms with E-state index in [0.29, 0.717) is 5.75 Å². The van der Waals surface area contributed by atoms with Crippen molar-refractivity contribution in [1.82, 2.24) is 4.37 Å². The summed E-state index contributed by atoms with van der Waals surface area (Å²) in [5.41, 5.74) is 6.20. The van der Waals surface area contributed by atoms with E-state index in [1.165, 1.54) is 11.5 Å². The summed E-state index contributed by atoms with van der Waals surface area (Å²) in [6.45, 7) is 0. The van der Waals surface area contributed by atoms with Crippen molar-refractivity contribution in [3.05, 3.63) is 11.1 Å². The highest BCUT2D eigenvalue weighted by molar-refractivity contribution is 7.79. The van der Waals surface area contributed by atoms with Crippen molar-refractivity contribution in [2.45, 2.75) is 5.75 Å². The Kier molecular flexibility index (Phi) is 1.75. The number of anilines is 1. The molecule has 0 saturated carbocycles. The standard InChI is InChI=1S/C4H6N2S2/c5-3-1-6-8-4(3)2-7/h1,7H,2,5H2. The van der Waals surface area contributed by atoms with Gasteiger partial charge in [0.15, 0.2) is 0 Å².